The summed E-state index contributed by atoms with van der Waals surface area (Å²) in [5.41, 5.74) is 7.44. The second kappa shape index (κ2) is 13.4. The van der Waals surface area contributed by atoms with E-state index in [0.29, 0.717) is 19.3 Å². The Bertz CT molecular complexity index is 1280. The van der Waals surface area contributed by atoms with Crippen LogP contribution in [0.4, 0.5) is 0 Å². The third-order valence-corrected chi connectivity index (χ3v) is 10.6. The largest absolute Gasteiger partial charge is 0.458 e. The van der Waals surface area contributed by atoms with Crippen molar-refractivity contribution >= 4 is 46.3 Å². The van der Waals surface area contributed by atoms with E-state index in [9.17, 15) is 19.5 Å². The Labute approximate surface area is 251 Å². The van der Waals surface area contributed by atoms with Crippen molar-refractivity contribution in [3.8, 4) is 10.0 Å². The second-order valence-electron chi connectivity index (χ2n) is 12.6. The number of Topliss-reactive ketones (excluding diaryl/α,β-unsaturated/α-hetero) is 2. The molecule has 1 saturated heterocycles. The molecule has 0 saturated carbocycles. The molecule has 10 heteroatoms. The Hall–Kier alpha value is -2.27. The van der Waals surface area contributed by atoms with Crippen molar-refractivity contribution in [2.24, 2.45) is 28.9 Å². The quantitative estimate of drug-likeness (QED) is 0.322. The average molecular weight is 604 g/mol. The van der Waals surface area contributed by atoms with Crippen molar-refractivity contribution in [1.82, 2.24) is 9.97 Å². The van der Waals surface area contributed by atoms with E-state index in [-0.39, 0.29) is 29.8 Å². The lowest BCUT2D eigenvalue weighted by molar-refractivity contribution is -0.154. The van der Waals surface area contributed by atoms with E-state index >= 15 is 0 Å². The van der Waals surface area contributed by atoms with E-state index in [1.54, 1.807) is 32.1 Å². The molecule has 3 rings (SSSR count). The highest BCUT2D eigenvalue weighted by atomic mass is 32.1. The number of cyclic esters (lactones) is 1. The first-order valence-electron chi connectivity index (χ1n) is 14.3. The summed E-state index contributed by atoms with van der Waals surface area (Å²) < 4.78 is 5.97. The topological polar surface area (TPSA) is 132 Å². The number of nitrogens with two attached hydrogens (primary N) is 1. The molecule has 41 heavy (non-hydrogen) atoms. The predicted molar refractivity (Wildman–Crippen MR) is 164 cm³/mol. The standard InChI is InChI=1S/C31H45N3O5S2/c1-17-10-9-11-31(8,32)19(3)13-23(18(2)12-22-16-41-29(34-22)28-33-20(4)15-40-28)39-25(36)14-24(35)30(6,7)27(38)21(5)26(17)37/h12,15-17,19,21,23-24,35H,9-11,13-14,32H2,1-8H3/b18-12+/t17-,19-,21+,23-,24-,31+/m0/s1. The van der Waals surface area contributed by atoms with Crippen LogP contribution in [0.3, 0.4) is 0 Å². The molecule has 6 atom stereocenters. The fourth-order valence-corrected chi connectivity index (χ4v) is 6.85. The van der Waals surface area contributed by atoms with Crippen LogP contribution >= 0.6 is 22.7 Å². The maximum absolute atomic E-state index is 13.3. The lowest BCUT2D eigenvalue weighted by atomic mass is 9.73. The second-order valence-corrected chi connectivity index (χ2v) is 14.3. The molecule has 0 aromatic carbocycles. The van der Waals surface area contributed by atoms with Gasteiger partial charge in [0.2, 0.25) is 0 Å². The summed E-state index contributed by atoms with van der Waals surface area (Å²) >= 11 is 3.06. The molecule has 0 bridgehead atoms. The third kappa shape index (κ3) is 8.18. The van der Waals surface area contributed by atoms with Crippen LogP contribution in [0.25, 0.3) is 16.1 Å². The lowest BCUT2D eigenvalue weighted by Gasteiger charge is -2.36. The first-order valence-corrected chi connectivity index (χ1v) is 16.1. The van der Waals surface area contributed by atoms with Crippen LogP contribution in [0.2, 0.25) is 0 Å². The summed E-state index contributed by atoms with van der Waals surface area (Å²) in [7, 11) is 0. The van der Waals surface area contributed by atoms with Gasteiger partial charge in [0.05, 0.1) is 29.6 Å². The molecule has 226 valence electrons. The number of thiazole rings is 2. The van der Waals surface area contributed by atoms with Gasteiger partial charge in [-0.15, -0.1) is 22.7 Å². The summed E-state index contributed by atoms with van der Waals surface area (Å²) in [6.45, 7) is 14.5. The number of nitrogens with zero attached hydrogens (tertiary/aromatic N) is 2. The third-order valence-electron chi connectivity index (χ3n) is 8.66. The molecule has 1 aliphatic heterocycles. The van der Waals surface area contributed by atoms with E-state index < -0.39 is 35.0 Å². The number of aryl methyl sites for hydroxylation is 1. The summed E-state index contributed by atoms with van der Waals surface area (Å²) in [5.74, 6) is -2.34. The highest BCUT2D eigenvalue weighted by molar-refractivity contribution is 7.19. The van der Waals surface area contributed by atoms with Gasteiger partial charge in [0.15, 0.2) is 15.8 Å². The number of carbonyl (C=O) groups is 3. The Morgan fingerprint density at radius 3 is 2.37 bits per heavy atom. The molecule has 8 nitrogen and oxygen atoms in total. The molecule has 0 amide bonds. The van der Waals surface area contributed by atoms with Crippen LogP contribution in [0.1, 0.15) is 92.0 Å². The van der Waals surface area contributed by atoms with Crippen molar-refractivity contribution in [3.05, 3.63) is 27.7 Å². The van der Waals surface area contributed by atoms with Gasteiger partial charge >= 0.3 is 5.97 Å². The van der Waals surface area contributed by atoms with Gasteiger partial charge in [0.1, 0.15) is 11.9 Å². The van der Waals surface area contributed by atoms with Crippen LogP contribution < -0.4 is 5.73 Å². The summed E-state index contributed by atoms with van der Waals surface area (Å²) in [6, 6.07) is 0. The van der Waals surface area contributed by atoms with Gasteiger partial charge in [-0.3, -0.25) is 14.4 Å². The van der Waals surface area contributed by atoms with E-state index in [2.05, 4.69) is 11.9 Å². The highest BCUT2D eigenvalue weighted by Gasteiger charge is 2.42. The zero-order chi connectivity index (χ0) is 30.7. The Balaban J connectivity index is 1.91. The van der Waals surface area contributed by atoms with Crippen LogP contribution in [-0.4, -0.2) is 50.4 Å². The van der Waals surface area contributed by atoms with Crippen molar-refractivity contribution < 1.29 is 24.2 Å². The van der Waals surface area contributed by atoms with Gasteiger partial charge in [0, 0.05) is 27.9 Å². The monoisotopic (exact) mass is 603 g/mol. The zero-order valence-corrected chi connectivity index (χ0v) is 27.2. The smallest absolute Gasteiger partial charge is 0.309 e. The number of carbonyl (C=O) groups excluding carboxylic acids is 3. The van der Waals surface area contributed by atoms with Gasteiger partial charge in [-0.25, -0.2) is 9.97 Å². The summed E-state index contributed by atoms with van der Waals surface area (Å²) in [6.07, 6.45) is 2.18. The van der Waals surface area contributed by atoms with E-state index in [1.165, 1.54) is 11.3 Å². The molecular weight excluding hydrogens is 558 g/mol. The molecule has 3 N–H and O–H groups in total. The van der Waals surface area contributed by atoms with E-state index in [4.69, 9.17) is 15.5 Å². The fraction of sp³-hybridized carbons (Fsp3) is 0.645. The fourth-order valence-electron chi connectivity index (χ4n) is 5.22. The lowest BCUT2D eigenvalue weighted by Crippen LogP contribution is -2.46. The Kier molecular flexibility index (Phi) is 10.8. The molecule has 3 heterocycles. The van der Waals surface area contributed by atoms with Gasteiger partial charge in [-0.2, -0.15) is 0 Å². The number of hydrogen-bond donors (Lipinski definition) is 2. The number of aliphatic hydroxyl groups is 1. The van der Waals surface area contributed by atoms with Crippen LogP contribution in [0.15, 0.2) is 16.3 Å². The maximum Gasteiger partial charge on any atom is 0.309 e. The van der Waals surface area contributed by atoms with Crippen molar-refractivity contribution in [2.75, 3.05) is 0 Å². The summed E-state index contributed by atoms with van der Waals surface area (Å²) in [5, 5.41) is 16.6. The molecule has 0 unspecified atom stereocenters. The number of esters is 1. The summed E-state index contributed by atoms with van der Waals surface area (Å²) in [4.78, 5) is 48.7. The minimum absolute atomic E-state index is 0.0197. The first-order chi connectivity index (χ1) is 19.0. The molecule has 0 spiro atoms. The number of rotatable bonds is 3. The molecule has 0 radical (unpaired) electrons. The first kappa shape index (κ1) is 33.2. The minimum atomic E-state index is -1.30. The molecule has 2 aromatic heterocycles. The predicted octanol–water partition coefficient (Wildman–Crippen LogP) is 6.01. The van der Waals surface area contributed by atoms with E-state index in [1.807, 2.05) is 44.5 Å². The SMILES string of the molecule is C/C(=C\c1csc(-c2nc(C)cs2)n1)[C@@H]1C[C@H](C)[C@](C)(N)CCC[C@H](C)C(=O)[C@@H](C)C(=O)C(C)(C)[C@@H](O)CC(=O)O1. The zero-order valence-electron chi connectivity index (χ0n) is 25.5. The van der Waals surface area contributed by atoms with Crippen LogP contribution in [0, 0.1) is 30.1 Å². The molecule has 1 fully saturated rings. The molecule has 1 aliphatic rings. The van der Waals surface area contributed by atoms with Gasteiger partial charge < -0.3 is 15.6 Å². The molecular formula is C31H45N3O5S2. The minimum Gasteiger partial charge on any atom is -0.458 e. The average Bonchev–Trinajstić information content (AvgIpc) is 3.54. The number of ether oxygens (including phenoxy) is 1. The highest BCUT2D eigenvalue weighted by Crippen LogP contribution is 2.34. The maximum atomic E-state index is 13.3. The Morgan fingerprint density at radius 1 is 1.10 bits per heavy atom. The van der Waals surface area contributed by atoms with Gasteiger partial charge in [-0.1, -0.05) is 34.1 Å². The number of hydrogen-bond acceptors (Lipinski definition) is 10. The van der Waals surface area contributed by atoms with Gasteiger partial charge in [0.25, 0.3) is 0 Å². The molecule has 0 aliphatic carbocycles. The Morgan fingerprint density at radius 2 is 1.73 bits per heavy atom. The van der Waals surface area contributed by atoms with Crippen LogP contribution in [0.5, 0.6) is 0 Å². The number of aliphatic hydroxyl groups excluding tert-OH is 1. The molecule has 2 aromatic rings. The van der Waals surface area contributed by atoms with Crippen molar-refractivity contribution in [2.45, 2.75) is 105 Å². The van der Waals surface area contributed by atoms with E-state index in [0.717, 1.165) is 33.4 Å². The number of aromatic nitrogens is 2. The van der Waals surface area contributed by atoms with Crippen LogP contribution in [-0.2, 0) is 19.1 Å². The van der Waals surface area contributed by atoms with Crippen molar-refractivity contribution in [3.63, 3.8) is 0 Å². The van der Waals surface area contributed by atoms with Gasteiger partial charge in [-0.05, 0) is 64.5 Å². The van der Waals surface area contributed by atoms with Crippen molar-refractivity contribution in [1.29, 1.82) is 0 Å². The number of ketones is 2. The normalized spacial score (nSPS) is 31.2.